The van der Waals surface area contributed by atoms with Gasteiger partial charge in [-0.25, -0.2) is 18.4 Å². The van der Waals surface area contributed by atoms with Crippen molar-refractivity contribution in [2.75, 3.05) is 0 Å². The van der Waals surface area contributed by atoms with E-state index in [9.17, 15) is 18.4 Å². The van der Waals surface area contributed by atoms with Gasteiger partial charge in [0.05, 0.1) is 10.5 Å². The number of primary amides is 1. The largest absolute Gasteiger partial charge is 0.358 e. The van der Waals surface area contributed by atoms with E-state index in [1.165, 1.54) is 24.3 Å². The summed E-state index contributed by atoms with van der Waals surface area (Å²) in [7, 11) is -3.86. The lowest BCUT2D eigenvalue weighted by molar-refractivity contribution is -0.0521. The van der Waals surface area contributed by atoms with Crippen molar-refractivity contribution in [3.63, 3.8) is 0 Å². The molecular weight excluding hydrogens is 408 g/mol. The van der Waals surface area contributed by atoms with E-state index in [1.54, 1.807) is 24.3 Å². The molecule has 0 saturated carbocycles. The van der Waals surface area contributed by atoms with E-state index in [2.05, 4.69) is 5.16 Å². The molecule has 0 atom stereocenters. The summed E-state index contributed by atoms with van der Waals surface area (Å²) in [5.74, 6) is 0.148. The van der Waals surface area contributed by atoms with Crippen LogP contribution in [0.2, 0.25) is 5.02 Å². The van der Waals surface area contributed by atoms with Crippen LogP contribution in [0.15, 0.2) is 57.9 Å². The second-order valence-electron chi connectivity index (χ2n) is 5.80. The van der Waals surface area contributed by atoms with E-state index in [-0.39, 0.29) is 22.3 Å². The van der Waals surface area contributed by atoms with Crippen LogP contribution < -0.4 is 10.9 Å². The van der Waals surface area contributed by atoms with Crippen LogP contribution in [-0.4, -0.2) is 29.9 Å². The number of urea groups is 1. The third-order valence-electron chi connectivity index (χ3n) is 3.90. The monoisotopic (exact) mass is 422 g/mol. The SMILES string of the molecule is NC(=O)N(O)Cc1onc(-c2ccc(Cl)cc2)c1-c1ccc(S(N)(=O)=O)cc1. The number of primary sulfonamides is 1. The lowest BCUT2D eigenvalue weighted by Crippen LogP contribution is -2.32. The van der Waals surface area contributed by atoms with Gasteiger partial charge in [-0.05, 0) is 29.8 Å². The zero-order valence-corrected chi connectivity index (χ0v) is 15.8. The number of halogens is 1. The van der Waals surface area contributed by atoms with Gasteiger partial charge < -0.3 is 10.3 Å². The van der Waals surface area contributed by atoms with Crippen molar-refractivity contribution in [2.24, 2.45) is 10.9 Å². The minimum Gasteiger partial charge on any atom is -0.358 e. The molecule has 0 spiro atoms. The number of benzene rings is 2. The summed E-state index contributed by atoms with van der Waals surface area (Å²) >= 11 is 5.92. The summed E-state index contributed by atoms with van der Waals surface area (Å²) in [5, 5.41) is 19.6. The van der Waals surface area contributed by atoms with Gasteiger partial charge in [0.15, 0.2) is 5.76 Å². The van der Waals surface area contributed by atoms with Crippen molar-refractivity contribution in [2.45, 2.75) is 11.4 Å². The highest BCUT2D eigenvalue weighted by atomic mass is 35.5. The maximum Gasteiger partial charge on any atom is 0.338 e. The quantitative estimate of drug-likeness (QED) is 0.424. The average molecular weight is 423 g/mol. The Kier molecular flexibility index (Phi) is 5.38. The van der Waals surface area contributed by atoms with Crippen molar-refractivity contribution >= 4 is 27.7 Å². The first kappa shape index (κ1) is 19.8. The van der Waals surface area contributed by atoms with Gasteiger partial charge in [0, 0.05) is 10.6 Å². The number of hydroxylamine groups is 2. The standard InChI is InChI=1S/C17H15ClN4O5S/c18-12-5-1-11(2-6-12)16-15(14(27-21-16)9-22(24)17(19)23)10-3-7-13(8-4-10)28(20,25)26/h1-8,24H,9H2,(H2,19,23)(H2,20,25,26). The predicted molar refractivity (Wildman–Crippen MR) is 101 cm³/mol. The van der Waals surface area contributed by atoms with Crippen LogP contribution >= 0.6 is 11.6 Å². The predicted octanol–water partition coefficient (Wildman–Crippen LogP) is 2.58. The highest BCUT2D eigenvalue weighted by molar-refractivity contribution is 7.89. The van der Waals surface area contributed by atoms with Gasteiger partial charge >= 0.3 is 6.03 Å². The van der Waals surface area contributed by atoms with E-state index in [4.69, 9.17) is 27.0 Å². The van der Waals surface area contributed by atoms with Gasteiger partial charge in [-0.3, -0.25) is 5.21 Å². The van der Waals surface area contributed by atoms with Gasteiger partial charge in [-0.15, -0.1) is 0 Å². The van der Waals surface area contributed by atoms with Crippen molar-refractivity contribution in [1.82, 2.24) is 10.2 Å². The first-order chi connectivity index (χ1) is 13.2. The summed E-state index contributed by atoms with van der Waals surface area (Å²) in [5.41, 5.74) is 7.11. The Morgan fingerprint density at radius 1 is 1.11 bits per heavy atom. The molecule has 0 aliphatic rings. The number of rotatable bonds is 5. The molecule has 3 aromatic rings. The van der Waals surface area contributed by atoms with Crippen molar-refractivity contribution in [1.29, 1.82) is 0 Å². The van der Waals surface area contributed by atoms with E-state index in [0.29, 0.717) is 27.4 Å². The fourth-order valence-electron chi connectivity index (χ4n) is 2.56. The molecule has 5 N–H and O–H groups in total. The molecule has 0 bridgehead atoms. The van der Waals surface area contributed by atoms with Gasteiger partial charge in [0.2, 0.25) is 10.0 Å². The Hall–Kier alpha value is -2.92. The smallest absolute Gasteiger partial charge is 0.338 e. The number of aromatic nitrogens is 1. The third-order valence-corrected chi connectivity index (χ3v) is 5.08. The topological polar surface area (TPSA) is 153 Å². The molecule has 0 unspecified atom stereocenters. The van der Waals surface area contributed by atoms with Gasteiger partial charge in [-0.1, -0.05) is 41.0 Å². The number of hydrogen-bond donors (Lipinski definition) is 3. The molecule has 28 heavy (non-hydrogen) atoms. The minimum absolute atomic E-state index is 0.0665. The second kappa shape index (κ2) is 7.60. The molecule has 0 radical (unpaired) electrons. The molecule has 0 aliphatic heterocycles. The number of nitrogens with zero attached hydrogens (tertiary/aromatic N) is 2. The molecule has 11 heteroatoms. The molecule has 1 aromatic heterocycles. The fourth-order valence-corrected chi connectivity index (χ4v) is 3.20. The summed E-state index contributed by atoms with van der Waals surface area (Å²) in [6.45, 7) is -0.359. The molecule has 2 amide bonds. The highest BCUT2D eigenvalue weighted by Crippen LogP contribution is 2.36. The van der Waals surface area contributed by atoms with Crippen LogP contribution in [0.1, 0.15) is 5.76 Å². The second-order valence-corrected chi connectivity index (χ2v) is 7.80. The lowest BCUT2D eigenvalue weighted by Gasteiger charge is -2.11. The van der Waals surface area contributed by atoms with Crippen molar-refractivity contribution in [3.8, 4) is 22.4 Å². The molecule has 9 nitrogen and oxygen atoms in total. The van der Waals surface area contributed by atoms with E-state index in [1.807, 2.05) is 0 Å². The third kappa shape index (κ3) is 4.15. The Balaban J connectivity index is 2.13. The molecule has 3 rings (SSSR count). The number of hydrogen-bond acceptors (Lipinski definition) is 6. The molecule has 0 saturated heterocycles. The number of amides is 2. The normalized spacial score (nSPS) is 11.4. The summed E-state index contributed by atoms with van der Waals surface area (Å²) in [4.78, 5) is 11.1. The van der Waals surface area contributed by atoms with Crippen LogP contribution in [0.3, 0.4) is 0 Å². The van der Waals surface area contributed by atoms with Gasteiger partial charge in [0.1, 0.15) is 12.2 Å². The zero-order chi connectivity index (χ0) is 20.5. The van der Waals surface area contributed by atoms with Crippen LogP contribution in [0.25, 0.3) is 22.4 Å². The van der Waals surface area contributed by atoms with Crippen LogP contribution in [0.5, 0.6) is 0 Å². The molecule has 0 aliphatic carbocycles. The molecular formula is C17H15ClN4O5S. The van der Waals surface area contributed by atoms with Crippen molar-refractivity contribution < 1.29 is 22.9 Å². The van der Waals surface area contributed by atoms with Crippen molar-refractivity contribution in [3.05, 3.63) is 59.3 Å². The maximum atomic E-state index is 11.5. The minimum atomic E-state index is -3.86. The lowest BCUT2D eigenvalue weighted by atomic mass is 9.99. The molecule has 1 heterocycles. The zero-order valence-electron chi connectivity index (χ0n) is 14.2. The number of carbonyl (C=O) groups excluding carboxylic acids is 1. The average Bonchev–Trinajstić information content (AvgIpc) is 3.05. The molecule has 2 aromatic carbocycles. The Morgan fingerprint density at radius 3 is 2.21 bits per heavy atom. The van der Waals surface area contributed by atoms with Crippen LogP contribution in [0, 0.1) is 0 Å². The van der Waals surface area contributed by atoms with Gasteiger partial charge in [-0.2, -0.15) is 5.06 Å². The van der Waals surface area contributed by atoms with Crippen LogP contribution in [-0.2, 0) is 16.6 Å². The number of nitrogens with two attached hydrogens (primary N) is 2. The first-order valence-corrected chi connectivity index (χ1v) is 9.73. The Morgan fingerprint density at radius 2 is 1.68 bits per heavy atom. The first-order valence-electron chi connectivity index (χ1n) is 7.80. The summed E-state index contributed by atoms with van der Waals surface area (Å²) in [6.07, 6.45) is 0. The maximum absolute atomic E-state index is 11.5. The highest BCUT2D eigenvalue weighted by Gasteiger charge is 2.22. The fraction of sp³-hybridized carbons (Fsp3) is 0.0588. The Labute approximate surface area is 165 Å². The molecule has 146 valence electrons. The van der Waals surface area contributed by atoms with Gasteiger partial charge in [0.25, 0.3) is 0 Å². The number of sulfonamides is 1. The summed E-state index contributed by atoms with van der Waals surface area (Å²) < 4.78 is 28.3. The van der Waals surface area contributed by atoms with E-state index >= 15 is 0 Å². The Bertz CT molecular complexity index is 1110. The van der Waals surface area contributed by atoms with E-state index in [0.717, 1.165) is 0 Å². The summed E-state index contributed by atoms with van der Waals surface area (Å²) in [6, 6.07) is 11.4. The number of carbonyl (C=O) groups is 1. The van der Waals surface area contributed by atoms with Crippen LogP contribution in [0.4, 0.5) is 4.79 Å². The molecule has 0 fully saturated rings. The van der Waals surface area contributed by atoms with E-state index < -0.39 is 16.1 Å².